The summed E-state index contributed by atoms with van der Waals surface area (Å²) in [5.74, 6) is 1.35. The van der Waals surface area contributed by atoms with Crippen molar-refractivity contribution in [3.63, 3.8) is 0 Å². The summed E-state index contributed by atoms with van der Waals surface area (Å²) in [4.78, 5) is 24.3. The third-order valence-corrected chi connectivity index (χ3v) is 6.44. The SMILES string of the molecule is O=C(CCc1nc(N2CCCCC2)c2c(-c3ccccc3)noc2n1)NCc1ccccc1Cl. The number of aryl methyl sites for hydroxylation is 1. The fourth-order valence-electron chi connectivity index (χ4n) is 4.27. The van der Waals surface area contributed by atoms with E-state index in [1.54, 1.807) is 0 Å². The minimum Gasteiger partial charge on any atom is -0.356 e. The highest BCUT2D eigenvalue weighted by Crippen LogP contribution is 2.34. The molecule has 0 bridgehead atoms. The van der Waals surface area contributed by atoms with Gasteiger partial charge in [0, 0.05) is 43.1 Å². The van der Waals surface area contributed by atoms with Gasteiger partial charge in [-0.05, 0) is 30.9 Å². The van der Waals surface area contributed by atoms with Gasteiger partial charge in [0.2, 0.25) is 5.91 Å². The van der Waals surface area contributed by atoms with E-state index in [9.17, 15) is 4.79 Å². The van der Waals surface area contributed by atoms with Crippen molar-refractivity contribution < 1.29 is 9.32 Å². The molecule has 0 aliphatic carbocycles. The van der Waals surface area contributed by atoms with Crippen molar-refractivity contribution in [1.29, 1.82) is 0 Å². The van der Waals surface area contributed by atoms with Crippen LogP contribution in [0.5, 0.6) is 0 Å². The summed E-state index contributed by atoms with van der Waals surface area (Å²) in [5, 5.41) is 8.73. The zero-order valence-electron chi connectivity index (χ0n) is 18.8. The number of aromatic nitrogens is 3. The van der Waals surface area contributed by atoms with E-state index in [0.717, 1.165) is 54.0 Å². The van der Waals surface area contributed by atoms with Gasteiger partial charge in [-0.3, -0.25) is 4.79 Å². The van der Waals surface area contributed by atoms with E-state index < -0.39 is 0 Å². The molecular formula is C26H26ClN5O2. The molecule has 1 aliphatic rings. The molecule has 2 aromatic heterocycles. The molecule has 0 radical (unpaired) electrons. The second-order valence-electron chi connectivity index (χ2n) is 8.46. The smallest absolute Gasteiger partial charge is 0.263 e. The highest BCUT2D eigenvalue weighted by Gasteiger charge is 2.24. The number of carbonyl (C=O) groups is 1. The number of anilines is 1. The van der Waals surface area contributed by atoms with Crippen molar-refractivity contribution in [1.82, 2.24) is 20.4 Å². The molecule has 174 valence electrons. The van der Waals surface area contributed by atoms with E-state index in [4.69, 9.17) is 21.1 Å². The van der Waals surface area contributed by atoms with E-state index in [-0.39, 0.29) is 12.3 Å². The zero-order chi connectivity index (χ0) is 23.3. The lowest BCUT2D eigenvalue weighted by Crippen LogP contribution is -2.30. The maximum atomic E-state index is 12.5. The molecule has 5 rings (SSSR count). The molecule has 1 N–H and O–H groups in total. The molecular weight excluding hydrogens is 450 g/mol. The predicted octanol–water partition coefficient (Wildman–Crippen LogP) is 5.18. The van der Waals surface area contributed by atoms with Crippen LogP contribution in [0.3, 0.4) is 0 Å². The first-order valence-corrected chi connectivity index (χ1v) is 12.0. The van der Waals surface area contributed by atoms with Crippen molar-refractivity contribution in [3.05, 3.63) is 71.0 Å². The molecule has 1 fully saturated rings. The molecule has 7 nitrogen and oxygen atoms in total. The van der Waals surface area contributed by atoms with E-state index in [1.807, 2.05) is 54.6 Å². The number of hydrogen-bond donors (Lipinski definition) is 1. The summed E-state index contributed by atoms with van der Waals surface area (Å²) in [6.45, 7) is 2.26. The van der Waals surface area contributed by atoms with Gasteiger partial charge < -0.3 is 14.7 Å². The fourth-order valence-corrected chi connectivity index (χ4v) is 4.47. The number of halogens is 1. The second-order valence-corrected chi connectivity index (χ2v) is 8.86. The third-order valence-electron chi connectivity index (χ3n) is 6.08. The normalized spacial score (nSPS) is 13.9. The van der Waals surface area contributed by atoms with Crippen LogP contribution < -0.4 is 10.2 Å². The lowest BCUT2D eigenvalue weighted by molar-refractivity contribution is -0.121. The Kier molecular flexibility index (Phi) is 6.72. The number of hydrogen-bond acceptors (Lipinski definition) is 6. The summed E-state index contributed by atoms with van der Waals surface area (Å²) in [7, 11) is 0. The molecule has 0 unspecified atom stereocenters. The van der Waals surface area contributed by atoms with E-state index >= 15 is 0 Å². The Morgan fingerprint density at radius 2 is 1.76 bits per heavy atom. The van der Waals surface area contributed by atoms with Crippen LogP contribution >= 0.6 is 11.6 Å². The number of nitrogens with zero attached hydrogens (tertiary/aromatic N) is 4. The van der Waals surface area contributed by atoms with Gasteiger partial charge in [-0.1, -0.05) is 65.3 Å². The Hall–Kier alpha value is -3.45. The number of rotatable bonds is 7. The molecule has 8 heteroatoms. The molecule has 0 atom stereocenters. The minimum absolute atomic E-state index is 0.0781. The van der Waals surface area contributed by atoms with E-state index in [2.05, 4.69) is 20.4 Å². The van der Waals surface area contributed by atoms with Crippen LogP contribution in [-0.4, -0.2) is 34.1 Å². The van der Waals surface area contributed by atoms with Crippen LogP contribution in [0.25, 0.3) is 22.4 Å². The quantitative estimate of drug-likeness (QED) is 0.396. The van der Waals surface area contributed by atoms with Crippen LogP contribution in [0.1, 0.15) is 37.1 Å². The number of benzene rings is 2. The lowest BCUT2D eigenvalue weighted by atomic mass is 10.1. The molecule has 3 heterocycles. The highest BCUT2D eigenvalue weighted by atomic mass is 35.5. The maximum absolute atomic E-state index is 12.5. The first kappa shape index (κ1) is 22.3. The minimum atomic E-state index is -0.0781. The largest absolute Gasteiger partial charge is 0.356 e. The van der Waals surface area contributed by atoms with Gasteiger partial charge in [-0.2, -0.15) is 4.98 Å². The number of nitrogens with one attached hydrogen (secondary N) is 1. The number of fused-ring (bicyclic) bond motifs is 1. The first-order chi connectivity index (χ1) is 16.7. The summed E-state index contributed by atoms with van der Waals surface area (Å²) in [6.07, 6.45) is 4.15. The van der Waals surface area contributed by atoms with Gasteiger partial charge in [0.1, 0.15) is 22.7 Å². The molecule has 0 saturated carbocycles. The highest BCUT2D eigenvalue weighted by molar-refractivity contribution is 6.31. The Morgan fingerprint density at radius 1 is 1.00 bits per heavy atom. The van der Waals surface area contributed by atoms with Crippen molar-refractivity contribution in [2.75, 3.05) is 18.0 Å². The lowest BCUT2D eigenvalue weighted by Gasteiger charge is -2.28. The van der Waals surface area contributed by atoms with E-state index in [0.29, 0.717) is 29.5 Å². The topological polar surface area (TPSA) is 84.2 Å². The van der Waals surface area contributed by atoms with Gasteiger partial charge in [0.05, 0.1) is 0 Å². The monoisotopic (exact) mass is 475 g/mol. The average molecular weight is 476 g/mol. The predicted molar refractivity (Wildman–Crippen MR) is 133 cm³/mol. The van der Waals surface area contributed by atoms with Crippen LogP contribution in [-0.2, 0) is 17.8 Å². The molecule has 1 aliphatic heterocycles. The molecule has 4 aromatic rings. The number of piperidine rings is 1. The Labute approximate surface area is 203 Å². The van der Waals surface area contributed by atoms with E-state index in [1.165, 1.54) is 6.42 Å². The molecule has 1 saturated heterocycles. The summed E-state index contributed by atoms with van der Waals surface area (Å²) < 4.78 is 5.66. The van der Waals surface area contributed by atoms with Crippen molar-refractivity contribution >= 4 is 34.4 Å². The summed E-state index contributed by atoms with van der Waals surface area (Å²) in [5.41, 5.74) is 3.06. The van der Waals surface area contributed by atoms with Crippen LogP contribution in [0.2, 0.25) is 5.02 Å². The van der Waals surface area contributed by atoms with Crippen molar-refractivity contribution in [2.24, 2.45) is 0 Å². The third kappa shape index (κ3) is 4.89. The van der Waals surface area contributed by atoms with Gasteiger partial charge in [0.15, 0.2) is 0 Å². The zero-order valence-corrected chi connectivity index (χ0v) is 19.6. The first-order valence-electron chi connectivity index (χ1n) is 11.7. The molecule has 2 aromatic carbocycles. The van der Waals surface area contributed by atoms with Crippen LogP contribution in [0, 0.1) is 0 Å². The Bertz CT molecular complexity index is 1290. The Balaban J connectivity index is 1.37. The summed E-state index contributed by atoms with van der Waals surface area (Å²) >= 11 is 6.18. The van der Waals surface area contributed by atoms with Crippen molar-refractivity contribution in [3.8, 4) is 11.3 Å². The second kappa shape index (κ2) is 10.2. The van der Waals surface area contributed by atoms with Gasteiger partial charge in [0.25, 0.3) is 5.71 Å². The van der Waals surface area contributed by atoms with Crippen LogP contribution in [0.4, 0.5) is 5.82 Å². The number of carbonyl (C=O) groups excluding carboxylic acids is 1. The van der Waals surface area contributed by atoms with Crippen molar-refractivity contribution in [2.45, 2.75) is 38.6 Å². The summed E-state index contributed by atoms with van der Waals surface area (Å²) in [6, 6.07) is 17.4. The number of amides is 1. The van der Waals surface area contributed by atoms with Gasteiger partial charge >= 0.3 is 0 Å². The standard InChI is InChI=1S/C26H26ClN5O2/c27-20-12-6-5-11-19(20)17-28-22(33)14-13-21-29-25(32-15-7-2-8-16-32)23-24(31-34-26(23)30-21)18-9-3-1-4-10-18/h1,3-6,9-12H,2,7-8,13-17H2,(H,28,33). The Morgan fingerprint density at radius 3 is 2.56 bits per heavy atom. The molecule has 0 spiro atoms. The fraction of sp³-hybridized carbons (Fsp3) is 0.308. The van der Waals surface area contributed by atoms with Crippen LogP contribution in [0.15, 0.2) is 59.1 Å². The average Bonchev–Trinajstić information content (AvgIpc) is 3.31. The van der Waals surface area contributed by atoms with Gasteiger partial charge in [-0.25, -0.2) is 4.98 Å². The molecule has 34 heavy (non-hydrogen) atoms. The molecule has 1 amide bonds. The van der Waals surface area contributed by atoms with Gasteiger partial charge in [-0.15, -0.1) is 0 Å². The maximum Gasteiger partial charge on any atom is 0.263 e.